The fourth-order valence-electron chi connectivity index (χ4n) is 0.616. The van der Waals surface area contributed by atoms with Crippen molar-refractivity contribution < 1.29 is 9.59 Å². The largest absolute Gasteiger partial charge is 0.385 e. The fraction of sp³-hybridized carbons (Fsp3) is 0.250. The number of nitrogens with zero attached hydrogens (tertiary/aromatic N) is 2. The van der Waals surface area contributed by atoms with Crippen molar-refractivity contribution in [2.45, 2.75) is 6.04 Å². The zero-order valence-corrected chi connectivity index (χ0v) is 5.27. The molecule has 1 unspecified atom stereocenters. The summed E-state index contributed by atoms with van der Waals surface area (Å²) >= 11 is 0. The average molecular weight is 156 g/mol. The third kappa shape index (κ3) is 1.20. The Morgan fingerprint density at radius 2 is 2.18 bits per heavy atom. The van der Waals surface area contributed by atoms with Gasteiger partial charge in [-0.1, -0.05) is 0 Å². The SMILES string of the molecule is NC1=NC(=O)NC(=O)C1N=O. The first-order valence-corrected chi connectivity index (χ1v) is 2.66. The number of hydrogen-bond donors (Lipinski definition) is 2. The monoisotopic (exact) mass is 156 g/mol. The van der Waals surface area contributed by atoms with Gasteiger partial charge in [-0.25, -0.2) is 4.79 Å². The zero-order chi connectivity index (χ0) is 8.43. The smallest absolute Gasteiger partial charge is 0.349 e. The van der Waals surface area contributed by atoms with E-state index in [1.807, 2.05) is 0 Å². The van der Waals surface area contributed by atoms with Crippen LogP contribution in [0.1, 0.15) is 0 Å². The van der Waals surface area contributed by atoms with Gasteiger partial charge in [-0.2, -0.15) is 4.99 Å². The summed E-state index contributed by atoms with van der Waals surface area (Å²) in [6, 6.07) is -2.24. The minimum absolute atomic E-state index is 0.367. The lowest BCUT2D eigenvalue weighted by atomic mass is 10.2. The van der Waals surface area contributed by atoms with Gasteiger partial charge >= 0.3 is 6.03 Å². The van der Waals surface area contributed by atoms with Gasteiger partial charge in [-0.05, 0) is 5.18 Å². The molecule has 1 atom stereocenters. The van der Waals surface area contributed by atoms with E-state index < -0.39 is 18.0 Å². The number of rotatable bonds is 1. The van der Waals surface area contributed by atoms with Crippen LogP contribution in [-0.4, -0.2) is 23.8 Å². The van der Waals surface area contributed by atoms with Crippen LogP contribution < -0.4 is 11.1 Å². The highest BCUT2D eigenvalue weighted by atomic mass is 16.3. The molecule has 1 aliphatic rings. The van der Waals surface area contributed by atoms with Crippen molar-refractivity contribution in [2.24, 2.45) is 15.9 Å². The predicted octanol–water partition coefficient (Wildman–Crippen LogP) is -1.27. The Morgan fingerprint density at radius 3 is 2.64 bits per heavy atom. The number of nitroso groups, excluding NO2 is 1. The molecule has 58 valence electrons. The average Bonchev–Trinajstić information content (AvgIpc) is 1.85. The molecular formula is C4H4N4O3. The molecule has 0 saturated carbocycles. The number of hydrogen-bond acceptors (Lipinski definition) is 5. The van der Waals surface area contributed by atoms with Crippen molar-refractivity contribution in [3.8, 4) is 0 Å². The standard InChI is InChI=1S/C4H4N4O3/c5-2-1(8-11)3(9)7-4(10)6-2/h1H,(H3,5,6,7,9,10). The van der Waals surface area contributed by atoms with E-state index in [0.717, 1.165) is 0 Å². The molecule has 1 aliphatic heterocycles. The van der Waals surface area contributed by atoms with E-state index in [0.29, 0.717) is 0 Å². The topological polar surface area (TPSA) is 114 Å². The molecule has 0 saturated heterocycles. The molecule has 0 bridgehead atoms. The molecule has 0 aromatic carbocycles. The van der Waals surface area contributed by atoms with E-state index >= 15 is 0 Å². The van der Waals surface area contributed by atoms with Gasteiger partial charge < -0.3 is 5.73 Å². The van der Waals surface area contributed by atoms with Crippen LogP contribution in [0.5, 0.6) is 0 Å². The summed E-state index contributed by atoms with van der Waals surface area (Å²) < 4.78 is 0. The molecule has 11 heavy (non-hydrogen) atoms. The minimum Gasteiger partial charge on any atom is -0.385 e. The molecule has 7 heteroatoms. The summed E-state index contributed by atoms with van der Waals surface area (Å²) in [5.74, 6) is -1.20. The Bertz CT molecular complexity index is 258. The second-order valence-electron chi connectivity index (χ2n) is 1.84. The number of nitrogens with one attached hydrogen (secondary N) is 1. The predicted molar refractivity (Wildman–Crippen MR) is 34.7 cm³/mol. The van der Waals surface area contributed by atoms with E-state index in [2.05, 4.69) is 10.2 Å². The summed E-state index contributed by atoms with van der Waals surface area (Å²) in [7, 11) is 0. The summed E-state index contributed by atoms with van der Waals surface area (Å²) in [6.07, 6.45) is 0. The quantitative estimate of drug-likeness (QED) is 0.460. The van der Waals surface area contributed by atoms with Crippen LogP contribution in [-0.2, 0) is 4.79 Å². The highest BCUT2D eigenvalue weighted by Gasteiger charge is 2.29. The minimum atomic E-state index is -1.37. The van der Waals surface area contributed by atoms with Crippen LogP contribution in [0.25, 0.3) is 0 Å². The first-order valence-electron chi connectivity index (χ1n) is 2.66. The number of urea groups is 1. The molecule has 0 fully saturated rings. The van der Waals surface area contributed by atoms with Gasteiger partial charge in [0.2, 0.25) is 6.04 Å². The van der Waals surface area contributed by atoms with E-state index in [1.54, 1.807) is 5.32 Å². The highest BCUT2D eigenvalue weighted by Crippen LogP contribution is 1.97. The number of nitrogens with two attached hydrogens (primary N) is 1. The second-order valence-corrected chi connectivity index (χ2v) is 1.84. The van der Waals surface area contributed by atoms with Crippen molar-refractivity contribution in [2.75, 3.05) is 0 Å². The Hall–Kier alpha value is -1.79. The van der Waals surface area contributed by atoms with Crippen molar-refractivity contribution >= 4 is 17.8 Å². The van der Waals surface area contributed by atoms with Crippen LogP contribution in [0.15, 0.2) is 10.2 Å². The maximum Gasteiger partial charge on any atom is 0.349 e. The van der Waals surface area contributed by atoms with Crippen LogP contribution in [0.4, 0.5) is 4.79 Å². The number of carbonyl (C=O) groups is 2. The first kappa shape index (κ1) is 7.32. The molecule has 0 spiro atoms. The van der Waals surface area contributed by atoms with Gasteiger partial charge in [0, 0.05) is 0 Å². The summed E-state index contributed by atoms with van der Waals surface area (Å²) in [5, 5.41) is 4.15. The normalized spacial score (nSPS) is 24.0. The lowest BCUT2D eigenvalue weighted by Gasteiger charge is -2.11. The van der Waals surface area contributed by atoms with Gasteiger partial charge in [0.25, 0.3) is 5.91 Å². The van der Waals surface area contributed by atoms with Gasteiger partial charge in [-0.3, -0.25) is 10.1 Å². The summed E-state index contributed by atoms with van der Waals surface area (Å²) in [4.78, 5) is 34.1. The molecule has 1 heterocycles. The van der Waals surface area contributed by atoms with Crippen molar-refractivity contribution in [1.82, 2.24) is 5.32 Å². The van der Waals surface area contributed by atoms with E-state index in [1.165, 1.54) is 0 Å². The lowest BCUT2D eigenvalue weighted by molar-refractivity contribution is -0.119. The summed E-state index contributed by atoms with van der Waals surface area (Å²) in [5.41, 5.74) is 5.04. The zero-order valence-electron chi connectivity index (χ0n) is 5.27. The Kier molecular flexibility index (Phi) is 1.63. The lowest BCUT2D eigenvalue weighted by Crippen LogP contribution is -2.48. The van der Waals surface area contributed by atoms with Gasteiger partial charge in [-0.15, -0.1) is 4.91 Å². The molecule has 3 N–H and O–H groups in total. The molecular weight excluding hydrogens is 152 g/mol. The molecule has 7 nitrogen and oxygen atoms in total. The van der Waals surface area contributed by atoms with Crippen molar-refractivity contribution in [3.05, 3.63) is 4.91 Å². The van der Waals surface area contributed by atoms with E-state index in [4.69, 9.17) is 5.73 Å². The van der Waals surface area contributed by atoms with E-state index in [-0.39, 0.29) is 5.84 Å². The van der Waals surface area contributed by atoms with Gasteiger partial charge in [0.05, 0.1) is 0 Å². The Morgan fingerprint density at radius 1 is 1.55 bits per heavy atom. The molecule has 0 aliphatic carbocycles. The Balaban J connectivity index is 2.97. The van der Waals surface area contributed by atoms with Crippen molar-refractivity contribution in [3.63, 3.8) is 0 Å². The highest BCUT2D eigenvalue weighted by molar-refractivity contribution is 6.18. The van der Waals surface area contributed by atoms with Gasteiger partial charge in [0.15, 0.2) is 0 Å². The number of aliphatic imine (C=N–C) groups is 1. The molecule has 1 rings (SSSR count). The summed E-state index contributed by atoms with van der Waals surface area (Å²) in [6.45, 7) is 0. The number of carbonyl (C=O) groups excluding carboxylic acids is 2. The fourth-order valence-corrected chi connectivity index (χ4v) is 0.616. The number of amidine groups is 1. The first-order chi connectivity index (χ1) is 5.15. The molecule has 0 radical (unpaired) electrons. The third-order valence-electron chi connectivity index (χ3n) is 1.09. The molecule has 0 aromatic heterocycles. The Labute approximate surface area is 60.6 Å². The van der Waals surface area contributed by atoms with Crippen LogP contribution >= 0.6 is 0 Å². The van der Waals surface area contributed by atoms with Gasteiger partial charge in [0.1, 0.15) is 5.84 Å². The maximum atomic E-state index is 10.7. The molecule has 3 amide bonds. The number of imide groups is 1. The maximum absolute atomic E-state index is 10.7. The number of amides is 3. The molecule has 0 aromatic rings. The van der Waals surface area contributed by atoms with E-state index in [9.17, 15) is 14.5 Å². The van der Waals surface area contributed by atoms with Crippen molar-refractivity contribution in [1.29, 1.82) is 0 Å². The third-order valence-corrected chi connectivity index (χ3v) is 1.09. The van der Waals surface area contributed by atoms with Crippen LogP contribution in [0, 0.1) is 4.91 Å². The second kappa shape index (κ2) is 2.45. The van der Waals surface area contributed by atoms with Crippen LogP contribution in [0.2, 0.25) is 0 Å². The van der Waals surface area contributed by atoms with Crippen LogP contribution in [0.3, 0.4) is 0 Å².